The molecule has 0 fully saturated rings. The van der Waals surface area contributed by atoms with E-state index in [0.29, 0.717) is 5.52 Å². The standard InChI is InChI=1S/C5H5N5OS/c6-3-2-4(8-1-7-3)10(11)5(12)9-2/h1,11H,(H,9,12)(H2,6,7,8). The van der Waals surface area contributed by atoms with Gasteiger partial charge in [0.15, 0.2) is 5.82 Å². The Morgan fingerprint density at radius 1 is 1.58 bits per heavy atom. The summed E-state index contributed by atoms with van der Waals surface area (Å²) in [5.74, 6) is 0.263. The maximum atomic E-state index is 9.26. The average Bonchev–Trinajstić information content (AvgIpc) is 2.32. The molecule has 0 aliphatic carbocycles. The van der Waals surface area contributed by atoms with Gasteiger partial charge >= 0.3 is 0 Å². The second kappa shape index (κ2) is 2.18. The van der Waals surface area contributed by atoms with Gasteiger partial charge in [0.05, 0.1) is 0 Å². The van der Waals surface area contributed by atoms with Crippen LogP contribution in [0.3, 0.4) is 0 Å². The minimum atomic E-state index is 0.150. The number of nitrogens with zero attached hydrogens (tertiary/aromatic N) is 3. The number of nitrogens with two attached hydrogens (primary N) is 1. The number of nitrogen functional groups attached to an aromatic ring is 1. The molecular weight excluding hydrogens is 178 g/mol. The van der Waals surface area contributed by atoms with Crippen molar-refractivity contribution in [3.8, 4) is 0 Å². The molecule has 2 aromatic rings. The number of aromatic amines is 1. The summed E-state index contributed by atoms with van der Waals surface area (Å²) in [5, 5.41) is 9.26. The van der Waals surface area contributed by atoms with Crippen molar-refractivity contribution in [3.63, 3.8) is 0 Å². The molecule has 2 heterocycles. The van der Waals surface area contributed by atoms with E-state index in [1.165, 1.54) is 6.33 Å². The summed E-state index contributed by atoms with van der Waals surface area (Å²) in [6, 6.07) is 0. The Morgan fingerprint density at radius 2 is 2.33 bits per heavy atom. The van der Waals surface area contributed by atoms with E-state index in [-0.39, 0.29) is 16.2 Å². The average molecular weight is 183 g/mol. The molecule has 0 amide bonds. The predicted octanol–water partition coefficient (Wildman–Crippen LogP) is 0.308. The Morgan fingerprint density at radius 3 is 3.00 bits per heavy atom. The van der Waals surface area contributed by atoms with Gasteiger partial charge in [-0.1, -0.05) is 0 Å². The van der Waals surface area contributed by atoms with E-state index in [1.54, 1.807) is 0 Å². The number of nitrogens with one attached hydrogen (secondary N) is 1. The fourth-order valence-corrected chi connectivity index (χ4v) is 1.11. The predicted molar refractivity (Wildman–Crippen MR) is 44.3 cm³/mol. The Balaban J connectivity index is 3.05. The van der Waals surface area contributed by atoms with Gasteiger partial charge in [0, 0.05) is 0 Å². The van der Waals surface area contributed by atoms with Crippen LogP contribution in [0.25, 0.3) is 11.2 Å². The van der Waals surface area contributed by atoms with Crippen molar-refractivity contribution in [1.82, 2.24) is 19.7 Å². The fraction of sp³-hybridized carbons (Fsp3) is 0. The Hall–Kier alpha value is -1.63. The molecule has 0 saturated carbocycles. The lowest BCUT2D eigenvalue weighted by molar-refractivity contribution is 0.192. The summed E-state index contributed by atoms with van der Waals surface area (Å²) in [6.45, 7) is 0. The van der Waals surface area contributed by atoms with Gasteiger partial charge in [0.1, 0.15) is 11.8 Å². The number of H-pyrrole nitrogens is 1. The molecule has 0 atom stereocenters. The minimum Gasteiger partial charge on any atom is -0.424 e. The van der Waals surface area contributed by atoms with Crippen LogP contribution in [0.1, 0.15) is 0 Å². The highest BCUT2D eigenvalue weighted by molar-refractivity contribution is 7.71. The molecular formula is C5H5N5OS. The second-order valence-corrected chi connectivity index (χ2v) is 2.59. The zero-order chi connectivity index (χ0) is 8.72. The molecule has 7 heteroatoms. The van der Waals surface area contributed by atoms with E-state index in [1.807, 2.05) is 0 Å². The molecule has 0 aromatic carbocycles. The monoisotopic (exact) mass is 183 g/mol. The number of fused-ring (bicyclic) bond motifs is 1. The first kappa shape index (κ1) is 7.04. The van der Waals surface area contributed by atoms with Crippen LogP contribution in [0.4, 0.5) is 5.82 Å². The van der Waals surface area contributed by atoms with E-state index >= 15 is 0 Å². The molecule has 6 nitrogen and oxygen atoms in total. The third kappa shape index (κ3) is 0.766. The van der Waals surface area contributed by atoms with Gasteiger partial charge in [-0.15, -0.1) is 4.73 Å². The van der Waals surface area contributed by atoms with Crippen molar-refractivity contribution in [2.24, 2.45) is 0 Å². The largest absolute Gasteiger partial charge is 0.424 e. The highest BCUT2D eigenvalue weighted by Gasteiger charge is 2.06. The number of imidazole rings is 1. The topological polar surface area (TPSA) is 92.8 Å². The maximum Gasteiger partial charge on any atom is 0.214 e. The summed E-state index contributed by atoms with van der Waals surface area (Å²) in [4.78, 5) is 10.2. The number of hydrogen-bond donors (Lipinski definition) is 3. The SMILES string of the molecule is Nc1ncnc2c1[nH]c(=S)n2O. The van der Waals surface area contributed by atoms with Crippen LogP contribution in [0.5, 0.6) is 0 Å². The normalized spacial score (nSPS) is 10.7. The lowest BCUT2D eigenvalue weighted by atomic mass is 10.5. The van der Waals surface area contributed by atoms with E-state index < -0.39 is 0 Å². The van der Waals surface area contributed by atoms with Crippen LogP contribution >= 0.6 is 12.2 Å². The van der Waals surface area contributed by atoms with Crippen molar-refractivity contribution in [2.45, 2.75) is 0 Å². The van der Waals surface area contributed by atoms with Gasteiger partial charge in [-0.25, -0.2) is 9.97 Å². The van der Waals surface area contributed by atoms with Crippen LogP contribution in [0.15, 0.2) is 6.33 Å². The lowest BCUT2D eigenvalue weighted by Gasteiger charge is -1.92. The molecule has 0 aliphatic rings. The molecule has 0 unspecified atom stereocenters. The summed E-state index contributed by atoms with van der Waals surface area (Å²) >= 11 is 4.75. The van der Waals surface area contributed by atoms with E-state index in [2.05, 4.69) is 15.0 Å². The minimum absolute atomic E-state index is 0.150. The van der Waals surface area contributed by atoms with Crippen molar-refractivity contribution in [3.05, 3.63) is 11.1 Å². The van der Waals surface area contributed by atoms with Crippen LogP contribution in [0.2, 0.25) is 0 Å². The van der Waals surface area contributed by atoms with Crippen LogP contribution in [-0.4, -0.2) is 24.9 Å². The van der Waals surface area contributed by atoms with Crippen molar-refractivity contribution in [1.29, 1.82) is 0 Å². The van der Waals surface area contributed by atoms with E-state index in [0.717, 1.165) is 4.73 Å². The first-order valence-corrected chi connectivity index (χ1v) is 3.51. The second-order valence-electron chi connectivity index (χ2n) is 2.20. The summed E-state index contributed by atoms with van der Waals surface area (Å²) in [5.41, 5.74) is 6.22. The van der Waals surface area contributed by atoms with Crippen molar-refractivity contribution < 1.29 is 5.21 Å². The number of hydrogen-bond acceptors (Lipinski definition) is 5. The molecule has 62 valence electrons. The number of anilines is 1. The van der Waals surface area contributed by atoms with Crippen molar-refractivity contribution >= 4 is 29.2 Å². The van der Waals surface area contributed by atoms with Gasteiger partial charge in [-0.3, -0.25) is 0 Å². The third-order valence-corrected chi connectivity index (χ3v) is 1.76. The van der Waals surface area contributed by atoms with Crippen LogP contribution in [-0.2, 0) is 0 Å². The Labute approximate surface area is 71.6 Å². The molecule has 0 saturated heterocycles. The quantitative estimate of drug-likeness (QED) is 0.403. The highest BCUT2D eigenvalue weighted by atomic mass is 32.1. The van der Waals surface area contributed by atoms with Gasteiger partial charge < -0.3 is 15.9 Å². The van der Waals surface area contributed by atoms with E-state index in [4.69, 9.17) is 18.0 Å². The van der Waals surface area contributed by atoms with E-state index in [9.17, 15) is 5.21 Å². The zero-order valence-electron chi connectivity index (χ0n) is 5.85. The summed E-state index contributed by atoms with van der Waals surface area (Å²) < 4.78 is 0.903. The smallest absolute Gasteiger partial charge is 0.214 e. The lowest BCUT2D eigenvalue weighted by Crippen LogP contribution is -1.95. The Bertz CT molecular complexity index is 486. The van der Waals surface area contributed by atoms with Gasteiger partial charge in [0.2, 0.25) is 10.4 Å². The molecule has 4 N–H and O–H groups in total. The molecule has 12 heavy (non-hydrogen) atoms. The number of rotatable bonds is 0. The fourth-order valence-electron chi connectivity index (χ4n) is 0.926. The molecule has 0 aliphatic heterocycles. The zero-order valence-corrected chi connectivity index (χ0v) is 6.67. The Kier molecular flexibility index (Phi) is 1.28. The molecule has 0 radical (unpaired) electrons. The highest BCUT2D eigenvalue weighted by Crippen LogP contribution is 2.13. The number of aromatic nitrogens is 4. The first-order valence-electron chi connectivity index (χ1n) is 3.10. The van der Waals surface area contributed by atoms with Crippen LogP contribution < -0.4 is 5.73 Å². The first-order chi connectivity index (χ1) is 5.70. The van der Waals surface area contributed by atoms with Gasteiger partial charge in [-0.2, -0.15) is 0 Å². The summed E-state index contributed by atoms with van der Waals surface area (Å²) in [7, 11) is 0. The molecule has 0 bridgehead atoms. The van der Waals surface area contributed by atoms with Gasteiger partial charge in [0.25, 0.3) is 0 Å². The summed E-state index contributed by atoms with van der Waals surface area (Å²) in [6.07, 6.45) is 1.26. The van der Waals surface area contributed by atoms with Crippen molar-refractivity contribution in [2.75, 3.05) is 5.73 Å². The molecule has 0 spiro atoms. The van der Waals surface area contributed by atoms with Gasteiger partial charge in [-0.05, 0) is 12.2 Å². The maximum absolute atomic E-state index is 9.26. The third-order valence-electron chi connectivity index (χ3n) is 1.48. The van der Waals surface area contributed by atoms with Crippen LogP contribution in [0, 0.1) is 4.77 Å². The molecule has 2 aromatic heterocycles. The molecule has 2 rings (SSSR count).